The number of aryl methyl sites for hydroxylation is 1. The molecular weight excluding hydrogens is 394 g/mol. The van der Waals surface area contributed by atoms with Crippen LogP contribution in [0.15, 0.2) is 68.6 Å². The minimum absolute atomic E-state index is 0.0654. The quantitative estimate of drug-likeness (QED) is 0.397. The van der Waals surface area contributed by atoms with Gasteiger partial charge in [-0.05, 0) is 44.2 Å². The van der Waals surface area contributed by atoms with Gasteiger partial charge < -0.3 is 29.3 Å². The largest absolute Gasteiger partial charge is 0.493 e. The Morgan fingerprint density at radius 1 is 1.19 bits per heavy atom. The fourth-order valence-corrected chi connectivity index (χ4v) is 3.60. The Kier molecular flexibility index (Phi) is 6.32. The molecule has 4 rings (SSSR count). The summed E-state index contributed by atoms with van der Waals surface area (Å²) >= 11 is 0. The highest BCUT2D eigenvalue weighted by molar-refractivity contribution is 5.80. The van der Waals surface area contributed by atoms with Crippen LogP contribution >= 0.6 is 0 Å². The molecule has 0 aliphatic carbocycles. The summed E-state index contributed by atoms with van der Waals surface area (Å²) < 4.78 is 16.8. The number of para-hydroxylation sites is 1. The van der Waals surface area contributed by atoms with Crippen LogP contribution in [0.25, 0.3) is 0 Å². The molecule has 0 radical (unpaired) electrons. The van der Waals surface area contributed by atoms with Gasteiger partial charge >= 0.3 is 0 Å². The van der Waals surface area contributed by atoms with E-state index in [0.717, 1.165) is 35.7 Å². The molecule has 3 N–H and O–H groups in total. The zero-order valence-electron chi connectivity index (χ0n) is 17.9. The van der Waals surface area contributed by atoms with Crippen molar-refractivity contribution in [1.82, 2.24) is 10.6 Å². The lowest BCUT2D eigenvalue weighted by atomic mass is 10.0. The van der Waals surface area contributed by atoms with Crippen molar-refractivity contribution in [3.8, 4) is 5.75 Å². The van der Waals surface area contributed by atoms with E-state index in [1.807, 2.05) is 43.3 Å². The first kappa shape index (κ1) is 21.1. The molecule has 0 saturated heterocycles. The Morgan fingerprint density at radius 3 is 2.84 bits per heavy atom. The highest BCUT2D eigenvalue weighted by Crippen LogP contribution is 2.31. The van der Waals surface area contributed by atoms with E-state index in [9.17, 15) is 5.11 Å². The molecule has 0 spiro atoms. The second-order valence-corrected chi connectivity index (χ2v) is 7.98. The predicted molar refractivity (Wildman–Crippen MR) is 118 cm³/mol. The van der Waals surface area contributed by atoms with Gasteiger partial charge in [-0.15, -0.1) is 0 Å². The van der Waals surface area contributed by atoms with Crippen molar-refractivity contribution in [3.05, 3.63) is 77.6 Å². The van der Waals surface area contributed by atoms with Gasteiger partial charge in [-0.25, -0.2) is 4.99 Å². The Labute approximate surface area is 182 Å². The van der Waals surface area contributed by atoms with E-state index in [1.54, 1.807) is 19.3 Å². The summed E-state index contributed by atoms with van der Waals surface area (Å²) in [5.41, 5.74) is -0.111. The van der Waals surface area contributed by atoms with E-state index < -0.39 is 5.60 Å². The number of aliphatic hydroxyl groups is 1. The fraction of sp³-hybridized carbons (Fsp3) is 0.375. The smallest absolute Gasteiger partial charge is 0.191 e. The molecule has 1 aliphatic heterocycles. The Morgan fingerprint density at radius 2 is 2.06 bits per heavy atom. The maximum Gasteiger partial charge on any atom is 0.191 e. The van der Waals surface area contributed by atoms with Gasteiger partial charge in [0.15, 0.2) is 5.96 Å². The molecule has 0 saturated carbocycles. The molecule has 3 heterocycles. The van der Waals surface area contributed by atoms with E-state index in [0.29, 0.717) is 24.9 Å². The van der Waals surface area contributed by atoms with Crippen molar-refractivity contribution < 1.29 is 18.7 Å². The molecule has 31 heavy (non-hydrogen) atoms. The molecule has 0 bridgehead atoms. The normalized spacial score (nSPS) is 18.0. The zero-order valence-corrected chi connectivity index (χ0v) is 17.9. The molecule has 2 aromatic heterocycles. The molecule has 3 aromatic rings. The summed E-state index contributed by atoms with van der Waals surface area (Å²) in [5.74, 6) is 3.67. The van der Waals surface area contributed by atoms with E-state index in [2.05, 4.69) is 21.7 Å². The van der Waals surface area contributed by atoms with Gasteiger partial charge in [-0.2, -0.15) is 0 Å². The van der Waals surface area contributed by atoms with Gasteiger partial charge in [-0.3, -0.25) is 0 Å². The number of hydrogen-bond acceptors (Lipinski definition) is 5. The monoisotopic (exact) mass is 423 g/mol. The second-order valence-electron chi connectivity index (χ2n) is 7.98. The number of guanidine groups is 1. The standard InChI is InChI=1S/C24H29N3O4/c1-17-9-10-22(31-17)24(2,28)16-26-23(25-13-11-18-6-5-14-29-18)27-20-12-15-30-21-8-4-3-7-19(20)21/h3-10,14,20,28H,11-13,15-16H2,1-2H3,(H2,25,26,27). The summed E-state index contributed by atoms with van der Waals surface area (Å²) in [6, 6.07) is 15.5. The van der Waals surface area contributed by atoms with E-state index in [4.69, 9.17) is 13.6 Å². The highest BCUT2D eigenvalue weighted by atomic mass is 16.5. The second kappa shape index (κ2) is 9.31. The molecule has 7 heteroatoms. The number of hydrogen-bond donors (Lipinski definition) is 3. The first-order valence-corrected chi connectivity index (χ1v) is 10.6. The first-order valence-electron chi connectivity index (χ1n) is 10.6. The summed E-state index contributed by atoms with van der Waals surface area (Å²) in [6.45, 7) is 5.00. The molecule has 1 aromatic carbocycles. The Bertz CT molecular complexity index is 1010. The van der Waals surface area contributed by atoms with Gasteiger partial charge in [0.2, 0.25) is 0 Å². The maximum atomic E-state index is 10.9. The van der Waals surface area contributed by atoms with Crippen LogP contribution in [0.1, 0.15) is 42.2 Å². The molecular formula is C24H29N3O4. The van der Waals surface area contributed by atoms with Crippen LogP contribution in [0.4, 0.5) is 0 Å². The molecule has 2 atom stereocenters. The van der Waals surface area contributed by atoms with Gasteiger partial charge in [0, 0.05) is 24.9 Å². The Balaban J connectivity index is 1.49. The summed E-state index contributed by atoms with van der Waals surface area (Å²) in [5, 5.41) is 17.8. The summed E-state index contributed by atoms with van der Waals surface area (Å²) in [6.07, 6.45) is 3.22. The lowest BCUT2D eigenvalue weighted by molar-refractivity contribution is 0.0428. The van der Waals surface area contributed by atoms with Crippen LogP contribution in [0.5, 0.6) is 5.75 Å². The van der Waals surface area contributed by atoms with Gasteiger partial charge in [0.05, 0.1) is 25.5 Å². The Hall–Kier alpha value is -3.19. The maximum absolute atomic E-state index is 10.9. The topological polar surface area (TPSA) is 92.2 Å². The molecule has 2 unspecified atom stereocenters. The molecule has 1 aliphatic rings. The van der Waals surface area contributed by atoms with Crippen molar-refractivity contribution in [2.24, 2.45) is 4.99 Å². The number of benzene rings is 1. The van der Waals surface area contributed by atoms with Crippen molar-refractivity contribution in [2.75, 3.05) is 19.7 Å². The average Bonchev–Trinajstić information content (AvgIpc) is 3.44. The van der Waals surface area contributed by atoms with Gasteiger partial charge in [-0.1, -0.05) is 18.2 Å². The number of nitrogens with one attached hydrogen (secondary N) is 2. The number of fused-ring (bicyclic) bond motifs is 1. The molecule has 0 fully saturated rings. The minimum atomic E-state index is -1.21. The number of ether oxygens (including phenoxy) is 1. The van der Waals surface area contributed by atoms with E-state index in [-0.39, 0.29) is 12.6 Å². The first-order chi connectivity index (χ1) is 15.0. The minimum Gasteiger partial charge on any atom is -0.493 e. The highest BCUT2D eigenvalue weighted by Gasteiger charge is 2.27. The van der Waals surface area contributed by atoms with Crippen LogP contribution in [0, 0.1) is 6.92 Å². The van der Waals surface area contributed by atoms with Crippen LogP contribution in [0.2, 0.25) is 0 Å². The number of rotatable bonds is 7. The third-order valence-electron chi connectivity index (χ3n) is 5.33. The van der Waals surface area contributed by atoms with Crippen molar-refractivity contribution in [1.29, 1.82) is 0 Å². The fourth-order valence-electron chi connectivity index (χ4n) is 3.60. The van der Waals surface area contributed by atoms with Crippen LogP contribution in [0.3, 0.4) is 0 Å². The third-order valence-corrected chi connectivity index (χ3v) is 5.33. The molecule has 7 nitrogen and oxygen atoms in total. The van der Waals surface area contributed by atoms with Crippen molar-refractivity contribution >= 4 is 5.96 Å². The predicted octanol–water partition coefficient (Wildman–Crippen LogP) is 3.69. The summed E-state index contributed by atoms with van der Waals surface area (Å²) in [4.78, 5) is 4.68. The number of nitrogens with zero attached hydrogens (tertiary/aromatic N) is 1. The SMILES string of the molecule is Cc1ccc(C(C)(O)CN=C(NCCc2ccco2)NC2CCOc3ccccc32)o1. The van der Waals surface area contributed by atoms with Crippen LogP contribution in [-0.4, -0.2) is 30.8 Å². The lowest BCUT2D eigenvalue weighted by Crippen LogP contribution is -2.42. The van der Waals surface area contributed by atoms with Crippen LogP contribution in [-0.2, 0) is 12.0 Å². The number of furan rings is 2. The lowest BCUT2D eigenvalue weighted by Gasteiger charge is -2.28. The summed E-state index contributed by atoms with van der Waals surface area (Å²) in [7, 11) is 0. The average molecular weight is 424 g/mol. The molecule has 0 amide bonds. The molecule has 164 valence electrons. The number of aliphatic imine (C=N–C) groups is 1. The zero-order chi connectivity index (χ0) is 21.7. The van der Waals surface area contributed by atoms with Crippen molar-refractivity contribution in [2.45, 2.75) is 38.3 Å². The van der Waals surface area contributed by atoms with E-state index >= 15 is 0 Å². The van der Waals surface area contributed by atoms with Gasteiger partial charge in [0.25, 0.3) is 0 Å². The van der Waals surface area contributed by atoms with Crippen LogP contribution < -0.4 is 15.4 Å². The van der Waals surface area contributed by atoms with E-state index in [1.165, 1.54) is 0 Å². The van der Waals surface area contributed by atoms with Crippen molar-refractivity contribution in [3.63, 3.8) is 0 Å². The van der Waals surface area contributed by atoms with Gasteiger partial charge in [0.1, 0.15) is 28.6 Å². The third kappa shape index (κ3) is 5.30.